The lowest BCUT2D eigenvalue weighted by molar-refractivity contribution is 0.0999. The molecule has 2 heterocycles. The number of pyridine rings is 1. The number of aromatic amines is 1. The van der Waals surface area contributed by atoms with E-state index < -0.39 is 0 Å². The number of piperidine rings is 1. The van der Waals surface area contributed by atoms with Crippen LogP contribution in [0.25, 0.3) is 10.8 Å². The third-order valence-electron chi connectivity index (χ3n) is 4.75. The highest BCUT2D eigenvalue weighted by Crippen LogP contribution is 2.24. The van der Waals surface area contributed by atoms with E-state index >= 15 is 0 Å². The first kappa shape index (κ1) is 16.1. The fourth-order valence-electron chi connectivity index (χ4n) is 3.28. The molecule has 1 aromatic heterocycles. The monoisotopic (exact) mass is 314 g/mol. The zero-order valence-corrected chi connectivity index (χ0v) is 14.1. The summed E-state index contributed by atoms with van der Waals surface area (Å²) in [5, 5.41) is 1.71. The van der Waals surface area contributed by atoms with Gasteiger partial charge in [0, 0.05) is 24.7 Å². The molecule has 0 bridgehead atoms. The number of aryl methyl sites for hydroxylation is 1. The molecule has 0 radical (unpaired) electrons. The molecule has 0 amide bonds. The average Bonchev–Trinajstić information content (AvgIpc) is 2.58. The Balaban J connectivity index is 1.66. The van der Waals surface area contributed by atoms with Crippen LogP contribution in [-0.2, 0) is 0 Å². The third kappa shape index (κ3) is 3.75. The van der Waals surface area contributed by atoms with E-state index in [1.165, 1.54) is 19.4 Å². The first-order chi connectivity index (χ1) is 11.2. The van der Waals surface area contributed by atoms with Crippen molar-refractivity contribution in [2.75, 3.05) is 19.6 Å². The third-order valence-corrected chi connectivity index (χ3v) is 4.75. The van der Waals surface area contributed by atoms with Crippen LogP contribution < -0.4 is 10.3 Å². The average molecular weight is 314 g/mol. The van der Waals surface area contributed by atoms with Crippen molar-refractivity contribution < 1.29 is 4.74 Å². The molecular weight excluding hydrogens is 288 g/mol. The molecule has 0 spiro atoms. The number of nitrogens with one attached hydrogen (secondary N) is 1. The molecule has 124 valence electrons. The topological polar surface area (TPSA) is 45.3 Å². The Morgan fingerprint density at radius 1 is 1.26 bits per heavy atom. The molecule has 1 aliphatic heterocycles. The van der Waals surface area contributed by atoms with Gasteiger partial charge in [0.15, 0.2) is 0 Å². The SMILES string of the molecule is CCCCN1CCC(Oc2ccc3c(=O)[nH]cc(C)c3c2)CC1. The summed E-state index contributed by atoms with van der Waals surface area (Å²) in [6.07, 6.45) is 6.75. The van der Waals surface area contributed by atoms with E-state index in [2.05, 4.69) is 16.8 Å². The van der Waals surface area contributed by atoms with E-state index in [4.69, 9.17) is 4.74 Å². The number of unbranched alkanes of at least 4 members (excludes halogenated alkanes) is 1. The molecule has 4 heteroatoms. The predicted molar refractivity (Wildman–Crippen MR) is 94.3 cm³/mol. The Kier molecular flexibility index (Phi) is 5.01. The van der Waals surface area contributed by atoms with Crippen LogP contribution in [0, 0.1) is 6.92 Å². The highest BCUT2D eigenvalue weighted by atomic mass is 16.5. The zero-order chi connectivity index (χ0) is 16.2. The number of nitrogens with zero attached hydrogens (tertiary/aromatic N) is 1. The van der Waals surface area contributed by atoms with Crippen LogP contribution in [0.15, 0.2) is 29.2 Å². The van der Waals surface area contributed by atoms with Gasteiger partial charge in [0.1, 0.15) is 11.9 Å². The molecule has 1 aliphatic rings. The van der Waals surface area contributed by atoms with Crippen LogP contribution in [0.3, 0.4) is 0 Å². The summed E-state index contributed by atoms with van der Waals surface area (Å²) < 4.78 is 6.17. The van der Waals surface area contributed by atoms with Gasteiger partial charge in [-0.15, -0.1) is 0 Å². The van der Waals surface area contributed by atoms with Crippen molar-refractivity contribution in [1.82, 2.24) is 9.88 Å². The molecule has 0 saturated carbocycles. The number of hydrogen-bond acceptors (Lipinski definition) is 3. The second-order valence-corrected chi connectivity index (χ2v) is 6.52. The summed E-state index contributed by atoms with van der Waals surface area (Å²) >= 11 is 0. The Bertz CT molecular complexity index is 715. The molecule has 2 aromatic rings. The number of rotatable bonds is 5. The lowest BCUT2D eigenvalue weighted by atomic mass is 10.1. The normalized spacial score (nSPS) is 16.8. The summed E-state index contributed by atoms with van der Waals surface area (Å²) in [7, 11) is 0. The van der Waals surface area contributed by atoms with Crippen molar-refractivity contribution in [3.63, 3.8) is 0 Å². The second-order valence-electron chi connectivity index (χ2n) is 6.52. The van der Waals surface area contributed by atoms with E-state index in [0.717, 1.165) is 48.0 Å². The zero-order valence-electron chi connectivity index (χ0n) is 14.1. The molecule has 1 N–H and O–H groups in total. The van der Waals surface area contributed by atoms with Crippen LogP contribution in [0.2, 0.25) is 0 Å². The number of ether oxygens (including phenoxy) is 1. The standard InChI is InChI=1S/C19H26N2O2/c1-3-4-9-21-10-7-15(8-11-21)23-16-5-6-17-18(12-16)14(2)13-20-19(17)22/h5-6,12-13,15H,3-4,7-11H2,1-2H3,(H,20,22). The van der Waals surface area contributed by atoms with Crippen LogP contribution in [0.1, 0.15) is 38.2 Å². The summed E-state index contributed by atoms with van der Waals surface area (Å²) in [5.74, 6) is 0.873. The minimum absolute atomic E-state index is 0.0404. The van der Waals surface area contributed by atoms with Crippen molar-refractivity contribution in [2.45, 2.75) is 45.6 Å². The van der Waals surface area contributed by atoms with Gasteiger partial charge in [0.25, 0.3) is 5.56 Å². The van der Waals surface area contributed by atoms with Gasteiger partial charge in [0.05, 0.1) is 0 Å². The van der Waals surface area contributed by atoms with E-state index in [9.17, 15) is 4.79 Å². The maximum atomic E-state index is 11.9. The van der Waals surface area contributed by atoms with Gasteiger partial charge < -0.3 is 14.6 Å². The molecule has 0 aliphatic carbocycles. The maximum absolute atomic E-state index is 11.9. The largest absolute Gasteiger partial charge is 0.490 e. The van der Waals surface area contributed by atoms with Crippen molar-refractivity contribution >= 4 is 10.8 Å². The van der Waals surface area contributed by atoms with Crippen molar-refractivity contribution in [1.29, 1.82) is 0 Å². The molecule has 1 aromatic carbocycles. The molecular formula is C19H26N2O2. The van der Waals surface area contributed by atoms with Crippen molar-refractivity contribution in [3.05, 3.63) is 40.3 Å². The quantitative estimate of drug-likeness (QED) is 0.919. The molecule has 0 atom stereocenters. The lowest BCUT2D eigenvalue weighted by Gasteiger charge is -2.32. The van der Waals surface area contributed by atoms with Crippen molar-refractivity contribution in [2.24, 2.45) is 0 Å². The molecule has 4 nitrogen and oxygen atoms in total. The van der Waals surface area contributed by atoms with E-state index in [0.29, 0.717) is 0 Å². The Hall–Kier alpha value is -1.81. The van der Waals surface area contributed by atoms with Gasteiger partial charge in [-0.2, -0.15) is 0 Å². The number of fused-ring (bicyclic) bond motifs is 1. The summed E-state index contributed by atoms with van der Waals surface area (Å²) in [6, 6.07) is 5.79. The summed E-state index contributed by atoms with van der Waals surface area (Å²) in [6.45, 7) is 7.70. The van der Waals surface area contributed by atoms with Gasteiger partial charge in [0.2, 0.25) is 0 Å². The van der Waals surface area contributed by atoms with E-state index in [-0.39, 0.29) is 11.7 Å². The summed E-state index contributed by atoms with van der Waals surface area (Å²) in [5.41, 5.74) is 1.03. The fraction of sp³-hybridized carbons (Fsp3) is 0.526. The minimum atomic E-state index is -0.0404. The van der Waals surface area contributed by atoms with Crippen LogP contribution in [0.5, 0.6) is 5.75 Å². The molecule has 1 saturated heterocycles. The fourth-order valence-corrected chi connectivity index (χ4v) is 3.28. The van der Waals surface area contributed by atoms with E-state index in [1.54, 1.807) is 6.20 Å². The van der Waals surface area contributed by atoms with Gasteiger partial charge in [-0.3, -0.25) is 4.79 Å². The highest BCUT2D eigenvalue weighted by Gasteiger charge is 2.20. The second kappa shape index (κ2) is 7.18. The lowest BCUT2D eigenvalue weighted by Crippen LogP contribution is -2.38. The van der Waals surface area contributed by atoms with Crippen LogP contribution in [-0.4, -0.2) is 35.6 Å². The number of hydrogen-bond donors (Lipinski definition) is 1. The van der Waals surface area contributed by atoms with Gasteiger partial charge >= 0.3 is 0 Å². The molecule has 0 unspecified atom stereocenters. The number of aromatic nitrogens is 1. The predicted octanol–water partition coefficient (Wildman–Crippen LogP) is 3.48. The van der Waals surface area contributed by atoms with Crippen LogP contribution >= 0.6 is 0 Å². The summed E-state index contributed by atoms with van der Waals surface area (Å²) in [4.78, 5) is 17.2. The number of likely N-dealkylation sites (tertiary alicyclic amines) is 1. The number of H-pyrrole nitrogens is 1. The Morgan fingerprint density at radius 2 is 2.04 bits per heavy atom. The minimum Gasteiger partial charge on any atom is -0.490 e. The molecule has 1 fully saturated rings. The smallest absolute Gasteiger partial charge is 0.255 e. The number of benzene rings is 1. The van der Waals surface area contributed by atoms with Crippen molar-refractivity contribution in [3.8, 4) is 5.75 Å². The maximum Gasteiger partial charge on any atom is 0.255 e. The van der Waals surface area contributed by atoms with E-state index in [1.807, 2.05) is 25.1 Å². The first-order valence-electron chi connectivity index (χ1n) is 8.68. The molecule has 23 heavy (non-hydrogen) atoms. The first-order valence-corrected chi connectivity index (χ1v) is 8.68. The Labute approximate surface area is 137 Å². The molecule has 3 rings (SSSR count). The Morgan fingerprint density at radius 3 is 2.78 bits per heavy atom. The van der Waals surface area contributed by atoms with Gasteiger partial charge in [-0.05, 0) is 61.9 Å². The highest BCUT2D eigenvalue weighted by molar-refractivity contribution is 5.85. The van der Waals surface area contributed by atoms with Gasteiger partial charge in [-0.25, -0.2) is 0 Å². The van der Waals surface area contributed by atoms with Crippen LogP contribution in [0.4, 0.5) is 0 Å². The van der Waals surface area contributed by atoms with Gasteiger partial charge in [-0.1, -0.05) is 13.3 Å².